The van der Waals surface area contributed by atoms with Gasteiger partial charge in [-0.2, -0.15) is 0 Å². The van der Waals surface area contributed by atoms with Crippen LogP contribution in [0.5, 0.6) is 0 Å². The number of hydrogen-bond donors (Lipinski definition) is 2. The number of amides is 2. The highest BCUT2D eigenvalue weighted by molar-refractivity contribution is 6.39. The Morgan fingerprint density at radius 2 is 1.64 bits per heavy atom. The van der Waals surface area contributed by atoms with E-state index in [0.717, 1.165) is 31.2 Å². The summed E-state index contributed by atoms with van der Waals surface area (Å²) in [7, 11) is 0. The Morgan fingerprint density at radius 3 is 2.27 bits per heavy atom. The van der Waals surface area contributed by atoms with Crippen LogP contribution in [0.1, 0.15) is 58.4 Å². The lowest BCUT2D eigenvalue weighted by atomic mass is 9.86. The lowest BCUT2D eigenvalue weighted by molar-refractivity contribution is -0.136. The fraction of sp³-hybridized carbons (Fsp3) is 0.556. The van der Waals surface area contributed by atoms with Crippen molar-refractivity contribution < 1.29 is 9.59 Å². The molecule has 0 bridgehead atoms. The predicted molar refractivity (Wildman–Crippen MR) is 88.8 cm³/mol. The van der Waals surface area contributed by atoms with Gasteiger partial charge in [0.1, 0.15) is 0 Å². The Morgan fingerprint density at radius 1 is 1.00 bits per heavy atom. The van der Waals surface area contributed by atoms with E-state index in [2.05, 4.69) is 31.4 Å². The van der Waals surface area contributed by atoms with Crippen LogP contribution in [0.15, 0.2) is 24.3 Å². The van der Waals surface area contributed by atoms with Crippen LogP contribution in [0.4, 0.5) is 5.69 Å². The number of benzene rings is 1. The van der Waals surface area contributed by atoms with Crippen LogP contribution in [-0.2, 0) is 15.0 Å². The fourth-order valence-electron chi connectivity index (χ4n) is 2.92. The third-order valence-corrected chi connectivity index (χ3v) is 4.13. The van der Waals surface area contributed by atoms with Crippen LogP contribution in [0.3, 0.4) is 0 Å². The first-order valence-electron chi connectivity index (χ1n) is 8.09. The van der Waals surface area contributed by atoms with Gasteiger partial charge in [-0.05, 0) is 29.9 Å². The Bertz CT molecular complexity index is 540. The number of hydrogen-bond acceptors (Lipinski definition) is 2. The quantitative estimate of drug-likeness (QED) is 0.823. The first-order valence-corrected chi connectivity index (χ1v) is 8.09. The molecule has 1 aliphatic carbocycles. The van der Waals surface area contributed by atoms with Gasteiger partial charge in [0.25, 0.3) is 0 Å². The summed E-state index contributed by atoms with van der Waals surface area (Å²) in [5, 5.41) is 5.60. The van der Waals surface area contributed by atoms with Crippen LogP contribution in [0.2, 0.25) is 0 Å². The van der Waals surface area contributed by atoms with Crippen molar-refractivity contribution in [1.29, 1.82) is 0 Å². The maximum Gasteiger partial charge on any atom is 0.313 e. The lowest BCUT2D eigenvalue weighted by Crippen LogP contribution is -2.42. The SMILES string of the molecule is CC(C)(C)c1ccccc1NC(=O)C(=O)NC1CCCCC1. The van der Waals surface area contributed by atoms with Crippen LogP contribution >= 0.6 is 0 Å². The predicted octanol–water partition coefficient (Wildman–Crippen LogP) is 3.37. The standard InChI is InChI=1S/C18H26N2O2/c1-18(2,3)14-11-7-8-12-15(14)20-17(22)16(21)19-13-9-5-4-6-10-13/h7-8,11-13H,4-6,9-10H2,1-3H3,(H,19,21)(H,20,22). The summed E-state index contributed by atoms with van der Waals surface area (Å²) < 4.78 is 0. The molecule has 0 aliphatic heterocycles. The van der Waals surface area contributed by atoms with Gasteiger partial charge in [0, 0.05) is 11.7 Å². The highest BCUT2D eigenvalue weighted by Crippen LogP contribution is 2.29. The summed E-state index contributed by atoms with van der Waals surface area (Å²) in [4.78, 5) is 24.2. The van der Waals surface area contributed by atoms with Crippen LogP contribution in [0.25, 0.3) is 0 Å². The van der Waals surface area contributed by atoms with Crippen molar-refractivity contribution in [2.75, 3.05) is 5.32 Å². The Balaban J connectivity index is 2.01. The van der Waals surface area contributed by atoms with E-state index in [4.69, 9.17) is 0 Å². The molecule has 0 unspecified atom stereocenters. The van der Waals surface area contributed by atoms with Crippen molar-refractivity contribution in [1.82, 2.24) is 5.32 Å². The molecule has 0 atom stereocenters. The highest BCUT2D eigenvalue weighted by Gasteiger charge is 2.23. The third kappa shape index (κ3) is 4.33. The molecule has 4 nitrogen and oxygen atoms in total. The minimum Gasteiger partial charge on any atom is -0.345 e. The maximum absolute atomic E-state index is 12.1. The van der Waals surface area contributed by atoms with Crippen molar-refractivity contribution in [3.8, 4) is 0 Å². The zero-order valence-corrected chi connectivity index (χ0v) is 13.7. The topological polar surface area (TPSA) is 58.2 Å². The summed E-state index contributed by atoms with van der Waals surface area (Å²) in [6, 6.07) is 7.77. The summed E-state index contributed by atoms with van der Waals surface area (Å²) in [5.74, 6) is -1.11. The minimum atomic E-state index is -0.581. The molecular formula is C18H26N2O2. The van der Waals surface area contributed by atoms with E-state index in [1.807, 2.05) is 24.3 Å². The van der Waals surface area contributed by atoms with E-state index < -0.39 is 11.8 Å². The van der Waals surface area contributed by atoms with E-state index >= 15 is 0 Å². The monoisotopic (exact) mass is 302 g/mol. The molecule has 1 aliphatic rings. The van der Waals surface area contributed by atoms with Gasteiger partial charge >= 0.3 is 11.8 Å². The molecule has 22 heavy (non-hydrogen) atoms. The number of anilines is 1. The molecule has 2 amide bonds. The molecule has 0 radical (unpaired) electrons. The first-order chi connectivity index (χ1) is 10.4. The summed E-state index contributed by atoms with van der Waals surface area (Å²) >= 11 is 0. The zero-order chi connectivity index (χ0) is 16.2. The lowest BCUT2D eigenvalue weighted by Gasteiger charge is -2.24. The summed E-state index contributed by atoms with van der Waals surface area (Å²) in [6.07, 6.45) is 5.41. The molecule has 1 aromatic carbocycles. The first kappa shape index (κ1) is 16.5. The van der Waals surface area contributed by atoms with Gasteiger partial charge in [0.2, 0.25) is 0 Å². The van der Waals surface area contributed by atoms with E-state index in [1.54, 1.807) is 0 Å². The molecule has 1 fully saturated rings. The van der Waals surface area contributed by atoms with E-state index in [9.17, 15) is 9.59 Å². The molecule has 120 valence electrons. The zero-order valence-electron chi connectivity index (χ0n) is 13.7. The van der Waals surface area contributed by atoms with E-state index in [0.29, 0.717) is 5.69 Å². The number of carbonyl (C=O) groups is 2. The van der Waals surface area contributed by atoms with Crippen LogP contribution in [-0.4, -0.2) is 17.9 Å². The molecule has 4 heteroatoms. The van der Waals surface area contributed by atoms with Crippen molar-refractivity contribution in [2.45, 2.75) is 64.3 Å². The van der Waals surface area contributed by atoms with Crippen molar-refractivity contribution in [3.63, 3.8) is 0 Å². The molecule has 0 spiro atoms. The summed E-state index contributed by atoms with van der Waals surface area (Å²) in [6.45, 7) is 6.25. The second kappa shape index (κ2) is 6.95. The number of carbonyl (C=O) groups excluding carboxylic acids is 2. The van der Waals surface area contributed by atoms with Crippen LogP contribution in [0, 0.1) is 0 Å². The number of rotatable bonds is 2. The van der Waals surface area contributed by atoms with Gasteiger partial charge in [-0.25, -0.2) is 0 Å². The number of para-hydroxylation sites is 1. The van der Waals surface area contributed by atoms with Gasteiger partial charge in [-0.3, -0.25) is 9.59 Å². The van der Waals surface area contributed by atoms with E-state index in [1.165, 1.54) is 6.42 Å². The van der Waals surface area contributed by atoms with Gasteiger partial charge in [-0.1, -0.05) is 58.2 Å². The van der Waals surface area contributed by atoms with Gasteiger partial charge < -0.3 is 10.6 Å². The van der Waals surface area contributed by atoms with Crippen LogP contribution < -0.4 is 10.6 Å². The van der Waals surface area contributed by atoms with Crippen molar-refractivity contribution in [3.05, 3.63) is 29.8 Å². The third-order valence-electron chi connectivity index (χ3n) is 4.13. The van der Waals surface area contributed by atoms with Gasteiger partial charge in [0.15, 0.2) is 0 Å². The average molecular weight is 302 g/mol. The van der Waals surface area contributed by atoms with Gasteiger partial charge in [0.05, 0.1) is 0 Å². The second-order valence-electron chi connectivity index (χ2n) is 7.06. The van der Waals surface area contributed by atoms with Crippen molar-refractivity contribution in [2.24, 2.45) is 0 Å². The molecule has 0 heterocycles. The molecule has 1 aromatic rings. The summed E-state index contributed by atoms with van der Waals surface area (Å²) in [5.41, 5.74) is 1.64. The Kier molecular flexibility index (Phi) is 5.22. The van der Waals surface area contributed by atoms with Gasteiger partial charge in [-0.15, -0.1) is 0 Å². The molecule has 2 rings (SSSR count). The normalized spacial score (nSPS) is 16.1. The number of nitrogens with one attached hydrogen (secondary N) is 2. The minimum absolute atomic E-state index is 0.0935. The Hall–Kier alpha value is -1.84. The highest BCUT2D eigenvalue weighted by atomic mass is 16.2. The largest absolute Gasteiger partial charge is 0.345 e. The molecular weight excluding hydrogens is 276 g/mol. The molecule has 1 saturated carbocycles. The molecule has 2 N–H and O–H groups in total. The molecule has 0 saturated heterocycles. The smallest absolute Gasteiger partial charge is 0.313 e. The van der Waals surface area contributed by atoms with E-state index in [-0.39, 0.29) is 11.5 Å². The molecule has 0 aromatic heterocycles. The second-order valence-corrected chi connectivity index (χ2v) is 7.06. The Labute approximate surface area is 132 Å². The van der Waals surface area contributed by atoms with Crippen molar-refractivity contribution >= 4 is 17.5 Å². The average Bonchev–Trinajstić information content (AvgIpc) is 2.47. The fourth-order valence-corrected chi connectivity index (χ4v) is 2.92. The maximum atomic E-state index is 12.1.